The van der Waals surface area contributed by atoms with Gasteiger partial charge in [0.25, 0.3) is 11.8 Å². The minimum absolute atomic E-state index is 0.327. The second-order valence-corrected chi connectivity index (χ2v) is 5.91. The van der Waals surface area contributed by atoms with Crippen LogP contribution in [0.15, 0.2) is 53.0 Å². The highest BCUT2D eigenvalue weighted by Gasteiger charge is 2.15. The fourth-order valence-electron chi connectivity index (χ4n) is 1.75. The Kier molecular flexibility index (Phi) is 6.76. The van der Waals surface area contributed by atoms with E-state index in [1.54, 1.807) is 25.1 Å². The van der Waals surface area contributed by atoms with Gasteiger partial charge < -0.3 is 9.47 Å². The first-order valence-electron chi connectivity index (χ1n) is 7.33. The Balaban J connectivity index is 1.72. The Morgan fingerprint density at radius 2 is 1.84 bits per heavy atom. The molecule has 2 aromatic rings. The lowest BCUT2D eigenvalue weighted by Gasteiger charge is -2.15. The molecule has 0 saturated heterocycles. The molecule has 0 aliphatic heterocycles. The first-order chi connectivity index (χ1) is 11.9. The Bertz CT molecular complexity index is 740. The smallest absolute Gasteiger partial charge is 0.279 e. The van der Waals surface area contributed by atoms with Gasteiger partial charge in [0.05, 0.1) is 0 Å². The zero-order valence-electron chi connectivity index (χ0n) is 13.3. The normalized spacial score (nSPS) is 11.3. The SMILES string of the molecule is CC(Oc1cccc(Br)c1)C(=O)NNC(=O)COc1ccc(F)cc1. The van der Waals surface area contributed by atoms with Gasteiger partial charge in [0, 0.05) is 4.47 Å². The summed E-state index contributed by atoms with van der Waals surface area (Å²) in [7, 11) is 0. The van der Waals surface area contributed by atoms with Crippen molar-refractivity contribution in [1.29, 1.82) is 0 Å². The van der Waals surface area contributed by atoms with Crippen LogP contribution in [0, 0.1) is 5.82 Å². The Morgan fingerprint density at radius 3 is 2.52 bits per heavy atom. The summed E-state index contributed by atoms with van der Waals surface area (Å²) in [5, 5.41) is 0. The van der Waals surface area contributed by atoms with E-state index in [-0.39, 0.29) is 6.61 Å². The molecule has 1 unspecified atom stereocenters. The summed E-state index contributed by atoms with van der Waals surface area (Å²) in [5.41, 5.74) is 4.46. The molecule has 0 aliphatic rings. The van der Waals surface area contributed by atoms with Gasteiger partial charge in [-0.2, -0.15) is 0 Å². The van der Waals surface area contributed by atoms with Crippen LogP contribution in [0.2, 0.25) is 0 Å². The van der Waals surface area contributed by atoms with Gasteiger partial charge in [-0.25, -0.2) is 4.39 Å². The van der Waals surface area contributed by atoms with Crippen molar-refractivity contribution in [3.8, 4) is 11.5 Å². The average Bonchev–Trinajstić information content (AvgIpc) is 2.59. The zero-order valence-corrected chi connectivity index (χ0v) is 14.9. The average molecular weight is 411 g/mol. The maximum atomic E-state index is 12.8. The minimum atomic E-state index is -0.812. The molecule has 1 atom stereocenters. The van der Waals surface area contributed by atoms with Crippen LogP contribution >= 0.6 is 15.9 Å². The van der Waals surface area contributed by atoms with Crippen molar-refractivity contribution < 1.29 is 23.5 Å². The van der Waals surface area contributed by atoms with E-state index in [0.717, 1.165) is 4.47 Å². The number of nitrogens with one attached hydrogen (secondary N) is 2. The van der Waals surface area contributed by atoms with Crippen molar-refractivity contribution in [3.05, 3.63) is 58.8 Å². The van der Waals surface area contributed by atoms with Crippen molar-refractivity contribution in [3.63, 3.8) is 0 Å². The molecule has 2 N–H and O–H groups in total. The van der Waals surface area contributed by atoms with E-state index in [4.69, 9.17) is 9.47 Å². The second kappa shape index (κ2) is 9.03. The first-order valence-corrected chi connectivity index (χ1v) is 8.12. The third-order valence-corrected chi connectivity index (χ3v) is 3.48. The molecule has 8 heteroatoms. The van der Waals surface area contributed by atoms with Crippen molar-refractivity contribution in [1.82, 2.24) is 10.9 Å². The number of hydrogen-bond donors (Lipinski definition) is 2. The summed E-state index contributed by atoms with van der Waals surface area (Å²) >= 11 is 3.31. The summed E-state index contributed by atoms with van der Waals surface area (Å²) in [5.74, 6) is -0.622. The van der Waals surface area contributed by atoms with Crippen molar-refractivity contribution in [2.45, 2.75) is 13.0 Å². The fraction of sp³-hybridized carbons (Fsp3) is 0.176. The van der Waals surface area contributed by atoms with Gasteiger partial charge in [-0.15, -0.1) is 0 Å². The summed E-state index contributed by atoms with van der Waals surface area (Å²) in [4.78, 5) is 23.5. The van der Waals surface area contributed by atoms with Crippen molar-refractivity contribution in [2.75, 3.05) is 6.61 Å². The molecule has 25 heavy (non-hydrogen) atoms. The van der Waals surface area contributed by atoms with E-state index in [0.29, 0.717) is 11.5 Å². The van der Waals surface area contributed by atoms with E-state index < -0.39 is 23.7 Å². The lowest BCUT2D eigenvalue weighted by molar-refractivity contribution is -0.133. The van der Waals surface area contributed by atoms with Crippen LogP contribution < -0.4 is 20.3 Å². The van der Waals surface area contributed by atoms with Crippen LogP contribution in [0.1, 0.15) is 6.92 Å². The number of ether oxygens (including phenoxy) is 2. The molecule has 0 spiro atoms. The van der Waals surface area contributed by atoms with Gasteiger partial charge in [0.1, 0.15) is 17.3 Å². The third-order valence-electron chi connectivity index (χ3n) is 2.99. The number of halogens is 2. The van der Waals surface area contributed by atoms with Gasteiger partial charge >= 0.3 is 0 Å². The molecule has 0 heterocycles. The largest absolute Gasteiger partial charge is 0.484 e. The third kappa shape index (κ3) is 6.42. The van der Waals surface area contributed by atoms with Gasteiger partial charge in [0.2, 0.25) is 0 Å². The Hall–Kier alpha value is -2.61. The van der Waals surface area contributed by atoms with E-state index in [1.807, 2.05) is 6.07 Å². The topological polar surface area (TPSA) is 76.7 Å². The van der Waals surface area contributed by atoms with Gasteiger partial charge in [-0.1, -0.05) is 22.0 Å². The van der Waals surface area contributed by atoms with E-state index in [1.165, 1.54) is 24.3 Å². The molecule has 0 saturated carbocycles. The molecule has 2 aromatic carbocycles. The predicted molar refractivity (Wildman–Crippen MR) is 92.4 cm³/mol. The first kappa shape index (κ1) is 18.7. The highest BCUT2D eigenvalue weighted by atomic mass is 79.9. The van der Waals surface area contributed by atoms with E-state index in [9.17, 15) is 14.0 Å². The maximum absolute atomic E-state index is 12.8. The van der Waals surface area contributed by atoms with Gasteiger partial charge in [-0.3, -0.25) is 20.4 Å². The Morgan fingerprint density at radius 1 is 1.12 bits per heavy atom. The molecule has 2 rings (SSSR count). The summed E-state index contributed by atoms with van der Waals surface area (Å²) in [6, 6.07) is 12.3. The molecule has 2 amide bonds. The van der Waals surface area contributed by atoms with Crippen LogP contribution in [0.5, 0.6) is 11.5 Å². The quantitative estimate of drug-likeness (QED) is 0.717. The van der Waals surface area contributed by atoms with Gasteiger partial charge in [0.15, 0.2) is 12.7 Å². The predicted octanol–water partition coefficient (Wildman–Crippen LogP) is 2.58. The van der Waals surface area contributed by atoms with Crippen LogP contribution in [0.4, 0.5) is 4.39 Å². The maximum Gasteiger partial charge on any atom is 0.279 e. The van der Waals surface area contributed by atoms with Crippen LogP contribution in [-0.4, -0.2) is 24.5 Å². The van der Waals surface area contributed by atoms with Crippen LogP contribution in [0.3, 0.4) is 0 Å². The second-order valence-electron chi connectivity index (χ2n) is 5.00. The fourth-order valence-corrected chi connectivity index (χ4v) is 2.12. The molecule has 0 aromatic heterocycles. The lowest BCUT2D eigenvalue weighted by atomic mass is 10.3. The van der Waals surface area contributed by atoms with Gasteiger partial charge in [-0.05, 0) is 49.4 Å². The van der Waals surface area contributed by atoms with E-state index in [2.05, 4.69) is 26.8 Å². The summed E-state index contributed by atoms with van der Waals surface area (Å²) in [6.07, 6.45) is -0.812. The monoisotopic (exact) mass is 410 g/mol. The standard InChI is InChI=1S/C17H16BrFN2O4/c1-11(25-15-4-2-3-12(18)9-15)17(23)21-20-16(22)10-24-14-7-5-13(19)6-8-14/h2-9,11H,10H2,1H3,(H,20,22)(H,21,23). The molecule has 0 aliphatic carbocycles. The molecule has 132 valence electrons. The summed E-state index contributed by atoms with van der Waals surface area (Å²) < 4.78 is 24.2. The van der Waals surface area contributed by atoms with Crippen molar-refractivity contribution in [2.24, 2.45) is 0 Å². The minimum Gasteiger partial charge on any atom is -0.484 e. The molecule has 6 nitrogen and oxygen atoms in total. The number of hydrogen-bond acceptors (Lipinski definition) is 4. The molecular formula is C17H16BrFN2O4. The number of amides is 2. The van der Waals surface area contributed by atoms with Crippen LogP contribution in [-0.2, 0) is 9.59 Å². The highest BCUT2D eigenvalue weighted by molar-refractivity contribution is 9.10. The molecule has 0 bridgehead atoms. The number of rotatable bonds is 6. The number of hydrazine groups is 1. The van der Waals surface area contributed by atoms with Crippen molar-refractivity contribution >= 4 is 27.7 Å². The Labute approximate surface area is 152 Å². The zero-order chi connectivity index (χ0) is 18.2. The van der Waals surface area contributed by atoms with Crippen LogP contribution in [0.25, 0.3) is 0 Å². The summed E-state index contributed by atoms with van der Waals surface area (Å²) in [6.45, 7) is 1.23. The molecule has 0 fully saturated rings. The number of carbonyl (C=O) groups is 2. The highest BCUT2D eigenvalue weighted by Crippen LogP contribution is 2.18. The number of benzene rings is 2. The molecular weight excluding hydrogens is 395 g/mol. The lowest BCUT2D eigenvalue weighted by Crippen LogP contribution is -2.48. The van der Waals surface area contributed by atoms with E-state index >= 15 is 0 Å². The number of carbonyl (C=O) groups excluding carboxylic acids is 2. The molecule has 0 radical (unpaired) electrons.